The maximum Gasteiger partial charge on any atom is 0.253 e. The zero-order valence-electron chi connectivity index (χ0n) is 21.8. The van der Waals surface area contributed by atoms with Gasteiger partial charge in [0.25, 0.3) is 5.91 Å². The molecule has 0 unspecified atom stereocenters. The molecule has 0 radical (unpaired) electrons. The van der Waals surface area contributed by atoms with Gasteiger partial charge < -0.3 is 10.6 Å². The molecule has 1 saturated heterocycles. The highest BCUT2D eigenvalue weighted by Gasteiger charge is 2.48. The van der Waals surface area contributed by atoms with E-state index in [1.165, 1.54) is 42.4 Å². The van der Waals surface area contributed by atoms with Crippen LogP contribution in [-0.2, 0) is 26.0 Å². The van der Waals surface area contributed by atoms with E-state index in [0.29, 0.717) is 51.4 Å². The first-order valence-corrected chi connectivity index (χ1v) is 15.7. The van der Waals surface area contributed by atoms with Crippen molar-refractivity contribution in [3.05, 3.63) is 29.3 Å². The number of hydrogen-bond donors (Lipinski definition) is 3. The summed E-state index contributed by atoms with van der Waals surface area (Å²) >= 11 is 1.49. The molecular weight excluding hydrogens is 510 g/mol. The van der Waals surface area contributed by atoms with Crippen molar-refractivity contribution in [2.75, 3.05) is 31.9 Å². The monoisotopic (exact) mass is 549 g/mol. The number of aryl methyl sites for hydroxylation is 2. The van der Waals surface area contributed by atoms with Gasteiger partial charge in [-0.25, -0.2) is 12.7 Å². The van der Waals surface area contributed by atoms with Gasteiger partial charge in [-0.1, -0.05) is 25.3 Å². The molecule has 1 spiro atoms. The van der Waals surface area contributed by atoms with Gasteiger partial charge in [-0.05, 0) is 74.2 Å². The van der Waals surface area contributed by atoms with Crippen molar-refractivity contribution in [2.45, 2.75) is 75.6 Å². The lowest BCUT2D eigenvalue weighted by Gasteiger charge is -2.34. The molecule has 204 valence electrons. The lowest BCUT2D eigenvalue weighted by atomic mass is 9.88. The minimum absolute atomic E-state index is 0.0467. The second-order valence-corrected chi connectivity index (χ2v) is 13.4. The molecule has 1 aromatic rings. The van der Waals surface area contributed by atoms with Gasteiger partial charge in [-0.3, -0.25) is 19.3 Å². The Morgan fingerprint density at radius 3 is 2.59 bits per heavy atom. The minimum Gasteiger partial charge on any atom is -0.355 e. The molecule has 4 rings (SSSR count). The van der Waals surface area contributed by atoms with Crippen LogP contribution < -0.4 is 15.4 Å². The van der Waals surface area contributed by atoms with Crippen LogP contribution in [0.3, 0.4) is 0 Å². The maximum absolute atomic E-state index is 13.1. The molecule has 0 aromatic heterocycles. The van der Waals surface area contributed by atoms with E-state index in [2.05, 4.69) is 15.4 Å². The van der Waals surface area contributed by atoms with E-state index in [-0.39, 0.29) is 17.6 Å². The van der Waals surface area contributed by atoms with Crippen LogP contribution in [0.25, 0.3) is 0 Å². The normalized spacial score (nSPS) is 20.6. The Balaban J connectivity index is 1.27. The third kappa shape index (κ3) is 7.13. The Kier molecular flexibility index (Phi) is 9.31. The Morgan fingerprint density at radius 1 is 1.19 bits per heavy atom. The predicted molar refractivity (Wildman–Crippen MR) is 147 cm³/mol. The van der Waals surface area contributed by atoms with Crippen molar-refractivity contribution in [2.24, 2.45) is 10.9 Å². The maximum atomic E-state index is 13.1. The first kappa shape index (κ1) is 28.1. The van der Waals surface area contributed by atoms with E-state index < -0.39 is 15.6 Å². The molecule has 2 heterocycles. The molecule has 1 saturated carbocycles. The number of carbonyl (C=O) groups is 2. The number of rotatable bonds is 10. The number of aliphatic imine (C=N–C) groups is 1. The second-order valence-electron chi connectivity index (χ2n) is 10.4. The van der Waals surface area contributed by atoms with Crippen molar-refractivity contribution < 1.29 is 18.0 Å². The highest BCUT2D eigenvalue weighted by Crippen LogP contribution is 2.35. The molecular formula is C26H39N5O4S2. The fourth-order valence-corrected chi connectivity index (χ4v) is 7.61. The molecule has 1 aromatic carbocycles. The van der Waals surface area contributed by atoms with Gasteiger partial charge >= 0.3 is 0 Å². The van der Waals surface area contributed by atoms with E-state index in [0.717, 1.165) is 34.7 Å². The van der Waals surface area contributed by atoms with Crippen LogP contribution >= 0.6 is 11.9 Å². The summed E-state index contributed by atoms with van der Waals surface area (Å²) in [6, 6.07) is 6.01. The summed E-state index contributed by atoms with van der Waals surface area (Å²) in [5, 5.41) is 5.78. The highest BCUT2D eigenvalue weighted by molar-refractivity contribution is 7.97. The number of nitrogens with zero attached hydrogens (tertiary/aromatic N) is 2. The zero-order valence-corrected chi connectivity index (χ0v) is 23.5. The number of carbonyl (C=O) groups excluding carboxylic acids is 2. The topological polar surface area (TPSA) is 120 Å². The Morgan fingerprint density at radius 2 is 1.92 bits per heavy atom. The van der Waals surface area contributed by atoms with Crippen LogP contribution in [0.15, 0.2) is 28.1 Å². The first-order chi connectivity index (χ1) is 17.7. The van der Waals surface area contributed by atoms with E-state index in [1.807, 2.05) is 25.1 Å². The lowest BCUT2D eigenvalue weighted by molar-refractivity contribution is -0.125. The van der Waals surface area contributed by atoms with Crippen LogP contribution in [0.5, 0.6) is 0 Å². The average Bonchev–Trinajstić information content (AvgIpc) is 3.19. The molecule has 3 aliphatic rings. The van der Waals surface area contributed by atoms with Gasteiger partial charge in [0.1, 0.15) is 11.4 Å². The second kappa shape index (κ2) is 12.3. The van der Waals surface area contributed by atoms with Crippen LogP contribution in [0, 0.1) is 12.8 Å². The fourth-order valence-electron chi connectivity index (χ4n) is 5.39. The van der Waals surface area contributed by atoms with E-state index in [9.17, 15) is 18.0 Å². The molecule has 2 aliphatic heterocycles. The first-order valence-electron chi connectivity index (χ1n) is 13.3. The predicted octanol–water partition coefficient (Wildman–Crippen LogP) is 2.54. The quantitative estimate of drug-likeness (QED) is 0.305. The van der Waals surface area contributed by atoms with Crippen molar-refractivity contribution in [1.82, 2.24) is 19.7 Å². The minimum atomic E-state index is -3.43. The molecule has 2 fully saturated rings. The van der Waals surface area contributed by atoms with Crippen LogP contribution in [0.4, 0.5) is 0 Å². The molecule has 11 heteroatoms. The number of sulfonamides is 1. The summed E-state index contributed by atoms with van der Waals surface area (Å²) in [4.78, 5) is 29.7. The molecule has 9 nitrogen and oxygen atoms in total. The molecule has 3 N–H and O–H groups in total. The highest BCUT2D eigenvalue weighted by atomic mass is 32.2. The van der Waals surface area contributed by atoms with Crippen LogP contribution in [-0.4, -0.2) is 67.8 Å². The van der Waals surface area contributed by atoms with Gasteiger partial charge in [-0.15, -0.1) is 0 Å². The van der Waals surface area contributed by atoms with Crippen molar-refractivity contribution in [1.29, 1.82) is 0 Å². The van der Waals surface area contributed by atoms with Gasteiger partial charge in [0.05, 0.1) is 5.75 Å². The van der Waals surface area contributed by atoms with Gasteiger partial charge in [0.15, 0.2) is 0 Å². The Bertz CT molecular complexity index is 1120. The summed E-state index contributed by atoms with van der Waals surface area (Å²) in [7, 11) is -3.43. The van der Waals surface area contributed by atoms with E-state index in [1.54, 1.807) is 0 Å². The zero-order chi connectivity index (χ0) is 26.5. The van der Waals surface area contributed by atoms with Crippen molar-refractivity contribution in [3.8, 4) is 0 Å². The van der Waals surface area contributed by atoms with Gasteiger partial charge in [0, 0.05) is 43.9 Å². The molecule has 0 atom stereocenters. The van der Waals surface area contributed by atoms with Crippen molar-refractivity contribution in [3.63, 3.8) is 0 Å². The summed E-state index contributed by atoms with van der Waals surface area (Å²) in [6.45, 7) is 5.36. The summed E-state index contributed by atoms with van der Waals surface area (Å²) in [6.07, 6.45) is 7.07. The number of hydrogen-bond acceptors (Lipinski definition) is 7. The third-order valence-electron chi connectivity index (χ3n) is 7.67. The smallest absolute Gasteiger partial charge is 0.253 e. The molecule has 2 amide bonds. The SMILES string of the molecule is CC(=O)NCCNSc1ccc(CCS(=O)(=O)N2CCC3(CC2)N=C(C2CCCCC2)NC3=O)c(C)c1. The fraction of sp³-hybridized carbons (Fsp3) is 0.654. The number of benzene rings is 1. The molecule has 1 aliphatic carbocycles. The largest absolute Gasteiger partial charge is 0.355 e. The van der Waals surface area contributed by atoms with E-state index in [4.69, 9.17) is 4.99 Å². The molecule has 0 bridgehead atoms. The third-order valence-corrected chi connectivity index (χ3v) is 10.4. The van der Waals surface area contributed by atoms with Gasteiger partial charge in [0.2, 0.25) is 15.9 Å². The number of amidine groups is 1. The van der Waals surface area contributed by atoms with Gasteiger partial charge in [-0.2, -0.15) is 0 Å². The van der Waals surface area contributed by atoms with Crippen molar-refractivity contribution >= 4 is 39.6 Å². The Labute approximate surface area is 224 Å². The average molecular weight is 550 g/mol. The van der Waals surface area contributed by atoms with Crippen LogP contribution in [0.1, 0.15) is 63.0 Å². The summed E-state index contributed by atoms with van der Waals surface area (Å²) in [5.41, 5.74) is 1.27. The van der Waals surface area contributed by atoms with E-state index >= 15 is 0 Å². The summed E-state index contributed by atoms with van der Waals surface area (Å²) in [5.74, 6) is 1.12. The lowest BCUT2D eigenvalue weighted by Crippen LogP contribution is -2.51. The molecule has 37 heavy (non-hydrogen) atoms. The standard InChI is InChI=1S/C26H39N5O4S2/c1-19-18-23(36-28-14-13-27-20(2)32)9-8-21(19)10-17-37(34,35)31-15-11-26(12-16-31)25(33)29-24(30-26)22-6-4-3-5-7-22/h8-9,18,22,28H,3-7,10-17H2,1-2H3,(H,27,32)(H,29,30,33). The Hall–Kier alpha value is -1.95. The van der Waals surface area contributed by atoms with Crippen LogP contribution in [0.2, 0.25) is 0 Å². The summed E-state index contributed by atoms with van der Waals surface area (Å²) < 4.78 is 31.0. The number of amides is 2. The number of nitrogens with one attached hydrogen (secondary N) is 3. The number of piperidine rings is 1.